The summed E-state index contributed by atoms with van der Waals surface area (Å²) in [6.45, 7) is 2.23. The van der Waals surface area contributed by atoms with E-state index in [0.717, 1.165) is 28.6 Å². The lowest BCUT2D eigenvalue weighted by Crippen LogP contribution is -2.12. The van der Waals surface area contributed by atoms with Crippen molar-refractivity contribution < 1.29 is 0 Å². The van der Waals surface area contributed by atoms with Crippen LogP contribution < -0.4 is 0 Å². The van der Waals surface area contributed by atoms with Gasteiger partial charge in [-0.1, -0.05) is 116 Å². The average molecular weight is 525 g/mol. The summed E-state index contributed by atoms with van der Waals surface area (Å²) in [5.41, 5.74) is 8.98. The SMILES string of the molecule is CC1C=Cc2c(n(-c3nc(Cl)nc(-c4ccc(-c5ccccc5)cc4)n3)c3cc(-c4ccccc4)ccc23)C1. The molecule has 0 aliphatic heterocycles. The summed E-state index contributed by atoms with van der Waals surface area (Å²) >= 11 is 6.54. The van der Waals surface area contributed by atoms with Crippen LogP contribution in [0.1, 0.15) is 18.2 Å². The number of hydrogen-bond acceptors (Lipinski definition) is 3. The van der Waals surface area contributed by atoms with Gasteiger partial charge in [0, 0.05) is 22.2 Å². The fraction of sp³-hybridized carbons (Fsp3) is 0.0882. The maximum atomic E-state index is 6.54. The number of halogens is 1. The second-order valence-corrected chi connectivity index (χ2v) is 10.3. The molecule has 1 atom stereocenters. The van der Waals surface area contributed by atoms with Gasteiger partial charge < -0.3 is 0 Å². The highest BCUT2D eigenvalue weighted by atomic mass is 35.5. The molecule has 1 aliphatic carbocycles. The van der Waals surface area contributed by atoms with E-state index in [-0.39, 0.29) is 5.28 Å². The Hall–Kier alpha value is -4.54. The summed E-state index contributed by atoms with van der Waals surface area (Å²) in [5.74, 6) is 1.51. The van der Waals surface area contributed by atoms with Gasteiger partial charge in [-0.05, 0) is 52.3 Å². The molecule has 4 nitrogen and oxygen atoms in total. The third-order valence-electron chi connectivity index (χ3n) is 7.37. The Morgan fingerprint density at radius 3 is 2.03 bits per heavy atom. The first-order valence-corrected chi connectivity index (χ1v) is 13.5. The Morgan fingerprint density at radius 2 is 1.31 bits per heavy atom. The minimum Gasteiger partial charge on any atom is -0.282 e. The first-order valence-electron chi connectivity index (χ1n) is 13.1. The molecule has 1 aliphatic rings. The maximum Gasteiger partial charge on any atom is 0.239 e. The van der Waals surface area contributed by atoms with Gasteiger partial charge in [0.1, 0.15) is 0 Å². The van der Waals surface area contributed by atoms with E-state index < -0.39 is 0 Å². The summed E-state index contributed by atoms with van der Waals surface area (Å²) < 4.78 is 2.17. The van der Waals surface area contributed by atoms with Crippen LogP contribution in [0.15, 0.2) is 109 Å². The van der Waals surface area contributed by atoms with Crippen LogP contribution in [0.3, 0.4) is 0 Å². The number of allylic oxidation sites excluding steroid dienone is 1. The van der Waals surface area contributed by atoms with Gasteiger partial charge in [0.15, 0.2) is 5.82 Å². The van der Waals surface area contributed by atoms with Crippen LogP contribution in [0.5, 0.6) is 0 Å². The summed E-state index contributed by atoms with van der Waals surface area (Å²) in [4.78, 5) is 14.1. The van der Waals surface area contributed by atoms with Crippen LogP contribution in [0.4, 0.5) is 0 Å². The van der Waals surface area contributed by atoms with Gasteiger partial charge in [0.05, 0.1) is 5.52 Å². The Morgan fingerprint density at radius 1 is 0.692 bits per heavy atom. The molecule has 5 heteroatoms. The number of aromatic nitrogens is 4. The van der Waals surface area contributed by atoms with Crippen LogP contribution in [0.25, 0.3) is 56.6 Å². The lowest BCUT2D eigenvalue weighted by Gasteiger charge is -2.16. The molecule has 0 fully saturated rings. The number of hydrogen-bond donors (Lipinski definition) is 0. The van der Waals surface area contributed by atoms with E-state index in [1.165, 1.54) is 27.8 Å². The molecule has 0 spiro atoms. The van der Waals surface area contributed by atoms with E-state index in [4.69, 9.17) is 16.6 Å². The second kappa shape index (κ2) is 9.64. The molecule has 188 valence electrons. The van der Waals surface area contributed by atoms with Gasteiger partial charge in [-0.2, -0.15) is 15.0 Å². The number of nitrogens with zero attached hydrogens (tertiary/aromatic N) is 4. The first kappa shape index (κ1) is 23.6. The zero-order valence-electron chi connectivity index (χ0n) is 21.4. The molecule has 2 heterocycles. The van der Waals surface area contributed by atoms with Crippen molar-refractivity contribution in [2.75, 3.05) is 0 Å². The fourth-order valence-corrected chi connectivity index (χ4v) is 5.59. The molecule has 6 aromatic rings. The van der Waals surface area contributed by atoms with E-state index in [2.05, 4.69) is 100 Å². The topological polar surface area (TPSA) is 43.6 Å². The quantitative estimate of drug-likeness (QED) is 0.232. The van der Waals surface area contributed by atoms with Crippen LogP contribution in [0.2, 0.25) is 5.28 Å². The summed E-state index contributed by atoms with van der Waals surface area (Å²) in [6, 6.07) is 35.6. The number of rotatable bonds is 4. The lowest BCUT2D eigenvalue weighted by molar-refractivity contribution is 0.683. The average Bonchev–Trinajstić information content (AvgIpc) is 3.30. The minimum atomic E-state index is 0.177. The van der Waals surface area contributed by atoms with Crippen molar-refractivity contribution in [2.45, 2.75) is 13.3 Å². The van der Waals surface area contributed by atoms with Gasteiger partial charge in [-0.25, -0.2) is 0 Å². The highest BCUT2D eigenvalue weighted by Crippen LogP contribution is 2.37. The highest BCUT2D eigenvalue weighted by molar-refractivity contribution is 6.28. The standard InChI is InChI=1S/C34H25ClN4/c1-22-12-18-28-29-19-17-27(24-10-6-3-7-11-24)21-31(29)39(30(28)20-22)34-37-32(36-33(35)38-34)26-15-13-25(14-16-26)23-8-4-2-5-9-23/h2-19,21-22H,20H2,1H3. The van der Waals surface area contributed by atoms with Gasteiger partial charge in [-0.3, -0.25) is 4.57 Å². The third kappa shape index (κ3) is 4.33. The largest absolute Gasteiger partial charge is 0.282 e. The molecule has 0 saturated heterocycles. The van der Waals surface area contributed by atoms with Crippen molar-refractivity contribution in [1.82, 2.24) is 19.5 Å². The maximum absolute atomic E-state index is 6.54. The van der Waals surface area contributed by atoms with Gasteiger partial charge in [0.2, 0.25) is 11.2 Å². The summed E-state index contributed by atoms with van der Waals surface area (Å²) in [5, 5.41) is 1.36. The predicted molar refractivity (Wildman–Crippen MR) is 160 cm³/mol. The molecule has 7 rings (SSSR count). The minimum absolute atomic E-state index is 0.177. The predicted octanol–water partition coefficient (Wildman–Crippen LogP) is 8.68. The molecule has 39 heavy (non-hydrogen) atoms. The van der Waals surface area contributed by atoms with Gasteiger partial charge in [-0.15, -0.1) is 0 Å². The first-order chi connectivity index (χ1) is 19.1. The van der Waals surface area contributed by atoms with Crippen molar-refractivity contribution >= 4 is 28.6 Å². The van der Waals surface area contributed by atoms with E-state index in [0.29, 0.717) is 17.7 Å². The molecule has 0 saturated carbocycles. The number of benzene rings is 4. The van der Waals surface area contributed by atoms with E-state index in [9.17, 15) is 0 Å². The molecular formula is C34H25ClN4. The Bertz CT molecular complexity index is 1840. The molecule has 0 N–H and O–H groups in total. The molecule has 0 amide bonds. The lowest BCUT2D eigenvalue weighted by atomic mass is 9.94. The third-order valence-corrected chi connectivity index (χ3v) is 7.54. The zero-order valence-corrected chi connectivity index (χ0v) is 22.2. The van der Waals surface area contributed by atoms with Crippen molar-refractivity contribution in [3.05, 3.63) is 126 Å². The monoisotopic (exact) mass is 524 g/mol. The van der Waals surface area contributed by atoms with Crippen molar-refractivity contribution in [3.63, 3.8) is 0 Å². The van der Waals surface area contributed by atoms with Crippen molar-refractivity contribution in [3.8, 4) is 39.6 Å². The normalized spacial score (nSPS) is 14.5. The van der Waals surface area contributed by atoms with Crippen molar-refractivity contribution in [2.24, 2.45) is 5.92 Å². The Labute approximate surface area is 232 Å². The van der Waals surface area contributed by atoms with Crippen LogP contribution in [-0.4, -0.2) is 19.5 Å². The van der Waals surface area contributed by atoms with Gasteiger partial charge >= 0.3 is 0 Å². The smallest absolute Gasteiger partial charge is 0.239 e. The van der Waals surface area contributed by atoms with E-state index in [1.807, 2.05) is 36.4 Å². The Balaban J connectivity index is 1.39. The fourth-order valence-electron chi connectivity index (χ4n) is 5.44. The van der Waals surface area contributed by atoms with Gasteiger partial charge in [0.25, 0.3) is 0 Å². The van der Waals surface area contributed by atoms with Crippen molar-refractivity contribution in [1.29, 1.82) is 0 Å². The van der Waals surface area contributed by atoms with E-state index in [1.54, 1.807) is 0 Å². The molecule has 0 bridgehead atoms. The van der Waals surface area contributed by atoms with Crippen LogP contribution in [-0.2, 0) is 6.42 Å². The number of fused-ring (bicyclic) bond motifs is 3. The Kier molecular flexibility index (Phi) is 5.83. The van der Waals surface area contributed by atoms with Crippen LogP contribution in [0, 0.1) is 5.92 Å². The van der Waals surface area contributed by atoms with Crippen LogP contribution >= 0.6 is 11.6 Å². The molecule has 1 unspecified atom stereocenters. The summed E-state index contributed by atoms with van der Waals surface area (Å²) in [7, 11) is 0. The van der Waals surface area contributed by atoms with E-state index >= 15 is 0 Å². The molecule has 4 aromatic carbocycles. The zero-order chi connectivity index (χ0) is 26.3. The molecule has 2 aromatic heterocycles. The second-order valence-electron chi connectivity index (χ2n) is 10.0. The summed E-state index contributed by atoms with van der Waals surface area (Å²) in [6.07, 6.45) is 5.40. The highest BCUT2D eigenvalue weighted by Gasteiger charge is 2.24. The molecule has 0 radical (unpaired) electrons. The molecular weight excluding hydrogens is 500 g/mol.